The summed E-state index contributed by atoms with van der Waals surface area (Å²) in [6.07, 6.45) is 1.79. The van der Waals surface area contributed by atoms with Crippen LogP contribution in [0, 0.1) is 0 Å². The van der Waals surface area contributed by atoms with Crippen molar-refractivity contribution in [2.45, 2.75) is 13.0 Å². The lowest BCUT2D eigenvalue weighted by Gasteiger charge is -2.23. The maximum atomic E-state index is 13.0. The second-order valence-corrected chi connectivity index (χ2v) is 7.77. The lowest BCUT2D eigenvalue weighted by atomic mass is 10.1. The summed E-state index contributed by atoms with van der Waals surface area (Å²) in [6, 6.07) is 13.3. The van der Waals surface area contributed by atoms with E-state index in [1.807, 2.05) is 37.3 Å². The molecule has 0 N–H and O–H groups in total. The third kappa shape index (κ3) is 3.86. The molecule has 1 amide bonds. The van der Waals surface area contributed by atoms with Crippen molar-refractivity contribution in [2.75, 3.05) is 21.3 Å². The number of ether oxygens (including phenoxy) is 3. The standard InChI is InChI=1S/C21H21NO4S2/c1-13(15-8-6-5-7-9-15)22-20(23)18(28-21(22)27)12-14-10-16(24-2)19(26-4)17(11-14)25-3/h5-13H,1-4H3/b18-12+/t13-/m0/s1. The third-order valence-corrected chi connectivity index (χ3v) is 5.81. The summed E-state index contributed by atoms with van der Waals surface area (Å²) in [5.74, 6) is 1.45. The van der Waals surface area contributed by atoms with Crippen LogP contribution in [0.3, 0.4) is 0 Å². The van der Waals surface area contributed by atoms with Gasteiger partial charge in [-0.3, -0.25) is 9.69 Å². The molecule has 2 aromatic carbocycles. The molecular formula is C21H21NO4S2. The summed E-state index contributed by atoms with van der Waals surface area (Å²) < 4.78 is 16.7. The maximum absolute atomic E-state index is 13.0. The van der Waals surface area contributed by atoms with Crippen LogP contribution in [0.15, 0.2) is 47.4 Å². The number of thiocarbonyl (C=S) groups is 1. The number of carbonyl (C=O) groups excluding carboxylic acids is 1. The van der Waals surface area contributed by atoms with Crippen LogP contribution in [0.4, 0.5) is 0 Å². The molecule has 1 heterocycles. The van der Waals surface area contributed by atoms with Crippen molar-refractivity contribution in [3.05, 3.63) is 58.5 Å². The quantitative estimate of drug-likeness (QED) is 0.505. The van der Waals surface area contributed by atoms with E-state index >= 15 is 0 Å². The van der Waals surface area contributed by atoms with Crippen molar-refractivity contribution < 1.29 is 19.0 Å². The number of carbonyl (C=O) groups is 1. The zero-order valence-corrected chi connectivity index (χ0v) is 17.7. The van der Waals surface area contributed by atoms with Gasteiger partial charge in [-0.1, -0.05) is 54.3 Å². The van der Waals surface area contributed by atoms with E-state index in [1.165, 1.54) is 11.8 Å². The smallest absolute Gasteiger partial charge is 0.266 e. The molecule has 0 aliphatic carbocycles. The Hall–Kier alpha value is -2.51. The second-order valence-electron chi connectivity index (χ2n) is 6.10. The lowest BCUT2D eigenvalue weighted by Crippen LogP contribution is -2.30. The average Bonchev–Trinajstić information content (AvgIpc) is 3.00. The Kier molecular flexibility index (Phi) is 6.26. The van der Waals surface area contributed by atoms with Gasteiger partial charge in [0.1, 0.15) is 4.32 Å². The van der Waals surface area contributed by atoms with Crippen molar-refractivity contribution in [3.8, 4) is 17.2 Å². The van der Waals surface area contributed by atoms with Crippen LogP contribution in [0.25, 0.3) is 6.08 Å². The van der Waals surface area contributed by atoms with Crippen molar-refractivity contribution in [1.29, 1.82) is 0 Å². The molecule has 0 bridgehead atoms. The lowest BCUT2D eigenvalue weighted by molar-refractivity contribution is -0.123. The molecule has 7 heteroatoms. The van der Waals surface area contributed by atoms with Crippen LogP contribution < -0.4 is 14.2 Å². The highest BCUT2D eigenvalue weighted by molar-refractivity contribution is 8.26. The zero-order chi connectivity index (χ0) is 20.3. The van der Waals surface area contributed by atoms with Crippen LogP contribution in [0.2, 0.25) is 0 Å². The summed E-state index contributed by atoms with van der Waals surface area (Å²) in [4.78, 5) is 15.2. The number of amides is 1. The molecule has 1 aliphatic rings. The number of hydrogen-bond donors (Lipinski definition) is 0. The molecule has 1 fully saturated rings. The molecule has 1 atom stereocenters. The first kappa shape index (κ1) is 20.2. The SMILES string of the molecule is COc1cc(/C=C2/SC(=S)N([C@@H](C)c3ccccc3)C2=O)cc(OC)c1OC. The van der Waals surface area contributed by atoms with Gasteiger partial charge >= 0.3 is 0 Å². The fourth-order valence-corrected chi connectivity index (χ4v) is 4.45. The molecule has 28 heavy (non-hydrogen) atoms. The van der Waals surface area contributed by atoms with Gasteiger partial charge in [0.2, 0.25) is 5.75 Å². The van der Waals surface area contributed by atoms with E-state index < -0.39 is 0 Å². The predicted molar refractivity (Wildman–Crippen MR) is 116 cm³/mol. The Morgan fingerprint density at radius 3 is 2.18 bits per heavy atom. The Morgan fingerprint density at radius 2 is 1.64 bits per heavy atom. The highest BCUT2D eigenvalue weighted by Gasteiger charge is 2.36. The Balaban J connectivity index is 1.94. The minimum absolute atomic E-state index is 0.111. The molecule has 1 saturated heterocycles. The Labute approximate surface area is 174 Å². The van der Waals surface area contributed by atoms with Gasteiger partial charge < -0.3 is 14.2 Å². The van der Waals surface area contributed by atoms with Crippen molar-refractivity contribution in [2.24, 2.45) is 0 Å². The van der Waals surface area contributed by atoms with Gasteiger partial charge in [-0.05, 0) is 36.3 Å². The summed E-state index contributed by atoms with van der Waals surface area (Å²) >= 11 is 6.77. The summed E-state index contributed by atoms with van der Waals surface area (Å²) in [5.41, 5.74) is 1.80. The van der Waals surface area contributed by atoms with E-state index in [-0.39, 0.29) is 11.9 Å². The van der Waals surface area contributed by atoms with Crippen LogP contribution in [-0.4, -0.2) is 36.5 Å². The summed E-state index contributed by atoms with van der Waals surface area (Å²) in [5, 5.41) is 0. The van der Waals surface area contributed by atoms with Crippen LogP contribution in [-0.2, 0) is 4.79 Å². The Bertz CT molecular complexity index is 902. The van der Waals surface area contributed by atoms with E-state index in [4.69, 9.17) is 26.4 Å². The largest absolute Gasteiger partial charge is 0.493 e. The first-order valence-electron chi connectivity index (χ1n) is 8.62. The van der Waals surface area contributed by atoms with E-state index in [9.17, 15) is 4.79 Å². The fraction of sp³-hybridized carbons (Fsp3) is 0.238. The normalized spacial score (nSPS) is 16.4. The van der Waals surface area contributed by atoms with E-state index in [2.05, 4.69) is 0 Å². The second kappa shape index (κ2) is 8.67. The van der Waals surface area contributed by atoms with E-state index in [0.29, 0.717) is 26.5 Å². The summed E-state index contributed by atoms with van der Waals surface area (Å²) in [6.45, 7) is 1.97. The van der Waals surface area contributed by atoms with Crippen molar-refractivity contribution in [1.82, 2.24) is 4.90 Å². The first-order valence-corrected chi connectivity index (χ1v) is 9.84. The molecular weight excluding hydrogens is 394 g/mol. The molecule has 146 valence electrons. The zero-order valence-electron chi connectivity index (χ0n) is 16.1. The molecule has 0 spiro atoms. The van der Waals surface area contributed by atoms with Crippen LogP contribution >= 0.6 is 24.0 Å². The maximum Gasteiger partial charge on any atom is 0.266 e. The number of benzene rings is 2. The van der Waals surface area contributed by atoms with E-state index in [0.717, 1.165) is 11.1 Å². The van der Waals surface area contributed by atoms with Gasteiger partial charge in [0.15, 0.2) is 11.5 Å². The molecule has 2 aromatic rings. The van der Waals surface area contributed by atoms with Gasteiger partial charge in [-0.15, -0.1) is 0 Å². The molecule has 3 rings (SSSR count). The van der Waals surface area contributed by atoms with Gasteiger partial charge in [0.05, 0.1) is 32.3 Å². The number of nitrogens with zero attached hydrogens (tertiary/aromatic N) is 1. The van der Waals surface area contributed by atoms with Gasteiger partial charge in [-0.2, -0.15) is 0 Å². The monoisotopic (exact) mass is 415 g/mol. The van der Waals surface area contributed by atoms with Crippen molar-refractivity contribution >= 4 is 40.3 Å². The highest BCUT2D eigenvalue weighted by atomic mass is 32.2. The Morgan fingerprint density at radius 1 is 1.04 bits per heavy atom. The van der Waals surface area contributed by atoms with Gasteiger partial charge in [0, 0.05) is 0 Å². The topological polar surface area (TPSA) is 48.0 Å². The van der Waals surface area contributed by atoms with Crippen LogP contribution in [0.1, 0.15) is 24.1 Å². The average molecular weight is 416 g/mol. The van der Waals surface area contributed by atoms with Gasteiger partial charge in [-0.25, -0.2) is 0 Å². The minimum atomic E-state index is -0.139. The number of hydrogen-bond acceptors (Lipinski definition) is 6. The van der Waals surface area contributed by atoms with Gasteiger partial charge in [0.25, 0.3) is 5.91 Å². The summed E-state index contributed by atoms with van der Waals surface area (Å²) in [7, 11) is 4.67. The highest BCUT2D eigenvalue weighted by Crippen LogP contribution is 2.41. The molecule has 0 aromatic heterocycles. The number of rotatable bonds is 6. The van der Waals surface area contributed by atoms with Crippen LogP contribution in [0.5, 0.6) is 17.2 Å². The predicted octanol–water partition coefficient (Wildman–Crippen LogP) is 4.67. The van der Waals surface area contributed by atoms with Crippen molar-refractivity contribution in [3.63, 3.8) is 0 Å². The first-order chi connectivity index (χ1) is 13.5. The molecule has 0 unspecified atom stereocenters. The molecule has 1 aliphatic heterocycles. The molecule has 5 nitrogen and oxygen atoms in total. The number of thioether (sulfide) groups is 1. The third-order valence-electron chi connectivity index (χ3n) is 4.48. The molecule has 0 saturated carbocycles. The number of methoxy groups -OCH3 is 3. The molecule has 0 radical (unpaired) electrons. The fourth-order valence-electron chi connectivity index (χ4n) is 3.03. The van der Waals surface area contributed by atoms with E-state index in [1.54, 1.807) is 44.4 Å². The minimum Gasteiger partial charge on any atom is -0.493 e.